The van der Waals surface area contributed by atoms with Crippen molar-refractivity contribution in [3.8, 4) is 11.3 Å². The van der Waals surface area contributed by atoms with Gasteiger partial charge < -0.3 is 4.74 Å². The number of aryl methyl sites for hydroxylation is 1. The van der Waals surface area contributed by atoms with E-state index in [0.717, 1.165) is 45.3 Å². The SMILES string of the molecule is CC1=C\C(=C/C=C/C=C/c2cc(C)[o+]c(-c3ccccc3)c2)C=C(c2ccccc2)O1. The quantitative estimate of drug-likeness (QED) is 0.316. The summed E-state index contributed by atoms with van der Waals surface area (Å²) in [5.41, 5.74) is 4.36. The molecule has 1 aromatic heterocycles. The first-order chi connectivity index (χ1) is 15.2. The molecule has 0 saturated heterocycles. The van der Waals surface area contributed by atoms with Gasteiger partial charge in [0.2, 0.25) is 0 Å². The molecule has 0 radical (unpaired) electrons. The molecular weight excluding hydrogens is 380 g/mol. The largest absolute Gasteiger partial charge is 0.461 e. The Hall–Kier alpha value is -3.91. The van der Waals surface area contributed by atoms with E-state index >= 15 is 0 Å². The van der Waals surface area contributed by atoms with Crippen molar-refractivity contribution in [1.82, 2.24) is 0 Å². The van der Waals surface area contributed by atoms with Crippen LogP contribution in [0.15, 0.2) is 125 Å². The Morgan fingerprint density at radius 1 is 0.742 bits per heavy atom. The maximum absolute atomic E-state index is 5.88. The molecule has 152 valence electrons. The fraction of sp³-hybridized carbons (Fsp3) is 0.0690. The Labute approximate surface area is 183 Å². The third-order valence-electron chi connectivity index (χ3n) is 4.79. The second kappa shape index (κ2) is 9.73. The number of ether oxygens (including phenoxy) is 1. The molecule has 0 saturated carbocycles. The van der Waals surface area contributed by atoms with Crippen LogP contribution < -0.4 is 0 Å². The van der Waals surface area contributed by atoms with Crippen LogP contribution in [-0.2, 0) is 4.74 Å². The van der Waals surface area contributed by atoms with Gasteiger partial charge in [-0.25, -0.2) is 4.42 Å². The summed E-state index contributed by atoms with van der Waals surface area (Å²) >= 11 is 0. The first kappa shape index (κ1) is 20.4. The standard InChI is InChI=1S/C29H25O2/c1-22-18-24(20-28(30-22)26-14-8-4-9-15-26)12-6-3-7-13-25-19-23(2)31-29(21-25)27-16-10-5-11-17-27/h3-21H,1-2H3/q+1. The summed E-state index contributed by atoms with van der Waals surface area (Å²) in [5, 5.41) is 0. The van der Waals surface area contributed by atoms with Crippen molar-refractivity contribution in [2.75, 3.05) is 0 Å². The zero-order chi connectivity index (χ0) is 21.5. The normalized spacial score (nSPS) is 15.2. The van der Waals surface area contributed by atoms with E-state index < -0.39 is 0 Å². The highest BCUT2D eigenvalue weighted by Gasteiger charge is 2.13. The van der Waals surface area contributed by atoms with Crippen molar-refractivity contribution in [2.24, 2.45) is 0 Å². The van der Waals surface area contributed by atoms with Crippen molar-refractivity contribution >= 4 is 11.8 Å². The van der Waals surface area contributed by atoms with E-state index in [2.05, 4.69) is 48.6 Å². The minimum absolute atomic E-state index is 0.868. The molecule has 0 spiro atoms. The fourth-order valence-electron chi connectivity index (χ4n) is 3.40. The molecule has 1 aliphatic rings. The highest BCUT2D eigenvalue weighted by molar-refractivity contribution is 5.67. The Morgan fingerprint density at radius 2 is 1.45 bits per heavy atom. The molecule has 2 heterocycles. The second-order valence-corrected chi connectivity index (χ2v) is 7.37. The van der Waals surface area contributed by atoms with Gasteiger partial charge in [-0.15, -0.1) is 0 Å². The summed E-state index contributed by atoms with van der Waals surface area (Å²) in [7, 11) is 0. The van der Waals surface area contributed by atoms with Gasteiger partial charge in [0.25, 0.3) is 0 Å². The first-order valence-electron chi connectivity index (χ1n) is 10.4. The number of benzene rings is 2. The topological polar surface area (TPSA) is 20.5 Å². The van der Waals surface area contributed by atoms with Crippen molar-refractivity contribution in [2.45, 2.75) is 13.8 Å². The number of hydrogen-bond acceptors (Lipinski definition) is 1. The van der Waals surface area contributed by atoms with E-state index in [1.807, 2.05) is 80.6 Å². The zero-order valence-electron chi connectivity index (χ0n) is 17.8. The minimum Gasteiger partial charge on any atom is -0.461 e. The van der Waals surface area contributed by atoms with Crippen LogP contribution >= 0.6 is 0 Å². The van der Waals surface area contributed by atoms with Crippen LogP contribution in [0.25, 0.3) is 23.2 Å². The smallest absolute Gasteiger partial charge is 0.360 e. The Kier molecular flexibility index (Phi) is 6.39. The molecule has 1 aliphatic heterocycles. The van der Waals surface area contributed by atoms with Crippen molar-refractivity contribution in [1.29, 1.82) is 0 Å². The summed E-state index contributed by atoms with van der Waals surface area (Å²) in [5.74, 6) is 3.50. The van der Waals surface area contributed by atoms with Gasteiger partial charge in [-0.2, -0.15) is 0 Å². The molecule has 31 heavy (non-hydrogen) atoms. The minimum atomic E-state index is 0.868. The molecular formula is C29H25O2+. The van der Waals surface area contributed by atoms with Crippen molar-refractivity contribution in [3.05, 3.63) is 137 Å². The van der Waals surface area contributed by atoms with E-state index in [1.165, 1.54) is 0 Å². The number of rotatable bonds is 5. The third-order valence-corrected chi connectivity index (χ3v) is 4.79. The van der Waals surface area contributed by atoms with Crippen molar-refractivity contribution < 1.29 is 9.15 Å². The molecule has 0 N–H and O–H groups in total. The maximum atomic E-state index is 5.88. The highest BCUT2D eigenvalue weighted by Crippen LogP contribution is 2.26. The predicted octanol–water partition coefficient (Wildman–Crippen LogP) is 8.01. The van der Waals surface area contributed by atoms with Gasteiger partial charge in [0.05, 0.1) is 18.6 Å². The predicted molar refractivity (Wildman–Crippen MR) is 129 cm³/mol. The van der Waals surface area contributed by atoms with Gasteiger partial charge in [0, 0.05) is 11.6 Å². The van der Waals surface area contributed by atoms with Gasteiger partial charge in [0.1, 0.15) is 11.5 Å². The van der Waals surface area contributed by atoms with Crippen LogP contribution in [0.4, 0.5) is 0 Å². The molecule has 2 heteroatoms. The molecule has 0 atom stereocenters. The first-order valence-corrected chi connectivity index (χ1v) is 10.4. The van der Waals surface area contributed by atoms with E-state index in [-0.39, 0.29) is 0 Å². The van der Waals surface area contributed by atoms with Crippen LogP contribution in [0, 0.1) is 6.92 Å². The lowest BCUT2D eigenvalue weighted by atomic mass is 10.1. The van der Waals surface area contributed by atoms with E-state index in [0.29, 0.717) is 0 Å². The lowest BCUT2D eigenvalue weighted by Crippen LogP contribution is -1.96. The maximum Gasteiger partial charge on any atom is 0.360 e. The molecule has 4 rings (SSSR count). The molecule has 0 aliphatic carbocycles. The van der Waals surface area contributed by atoms with E-state index in [1.54, 1.807) is 0 Å². The van der Waals surface area contributed by atoms with Crippen LogP contribution in [-0.4, -0.2) is 0 Å². The fourth-order valence-corrected chi connectivity index (χ4v) is 3.40. The third kappa shape index (κ3) is 5.58. The molecule has 3 aromatic rings. The zero-order valence-corrected chi connectivity index (χ0v) is 17.8. The average Bonchev–Trinajstić information content (AvgIpc) is 2.79. The Balaban J connectivity index is 1.48. The number of allylic oxidation sites excluding steroid dienone is 8. The summed E-state index contributed by atoms with van der Waals surface area (Å²) in [6.07, 6.45) is 14.4. The monoisotopic (exact) mass is 405 g/mol. The van der Waals surface area contributed by atoms with Crippen LogP contribution in [0.2, 0.25) is 0 Å². The lowest BCUT2D eigenvalue weighted by Gasteiger charge is -2.15. The van der Waals surface area contributed by atoms with Gasteiger partial charge >= 0.3 is 11.5 Å². The summed E-state index contributed by atoms with van der Waals surface area (Å²) in [6, 6.07) is 24.4. The van der Waals surface area contributed by atoms with Gasteiger partial charge in [-0.05, 0) is 42.3 Å². The lowest BCUT2D eigenvalue weighted by molar-refractivity contribution is 0.380. The van der Waals surface area contributed by atoms with Gasteiger partial charge in [0.15, 0.2) is 0 Å². The van der Waals surface area contributed by atoms with E-state index in [4.69, 9.17) is 9.15 Å². The molecule has 0 unspecified atom stereocenters. The summed E-state index contributed by atoms with van der Waals surface area (Å²) in [4.78, 5) is 0. The highest BCUT2D eigenvalue weighted by atomic mass is 16.5. The molecule has 0 amide bonds. The van der Waals surface area contributed by atoms with Crippen LogP contribution in [0.3, 0.4) is 0 Å². The van der Waals surface area contributed by atoms with Gasteiger partial charge in [-0.3, -0.25) is 0 Å². The van der Waals surface area contributed by atoms with Gasteiger partial charge in [-0.1, -0.05) is 78.9 Å². The van der Waals surface area contributed by atoms with Crippen molar-refractivity contribution in [3.63, 3.8) is 0 Å². The van der Waals surface area contributed by atoms with Crippen LogP contribution in [0.5, 0.6) is 0 Å². The molecule has 2 nitrogen and oxygen atoms in total. The molecule has 2 aromatic carbocycles. The summed E-state index contributed by atoms with van der Waals surface area (Å²) < 4.78 is 11.8. The Morgan fingerprint density at radius 3 is 2.19 bits per heavy atom. The second-order valence-electron chi connectivity index (χ2n) is 7.37. The molecule has 0 fully saturated rings. The molecule has 0 bridgehead atoms. The van der Waals surface area contributed by atoms with E-state index in [9.17, 15) is 0 Å². The summed E-state index contributed by atoms with van der Waals surface area (Å²) in [6.45, 7) is 3.95. The number of hydrogen-bond donors (Lipinski definition) is 0. The Bertz CT molecular complexity index is 1190. The van der Waals surface area contributed by atoms with Crippen LogP contribution in [0.1, 0.15) is 23.8 Å². The average molecular weight is 406 g/mol.